The molecule has 1 aromatic carbocycles. The minimum Gasteiger partial charge on any atom is -0.314 e. The van der Waals surface area contributed by atoms with Crippen molar-refractivity contribution in [1.82, 2.24) is 5.32 Å². The number of benzene rings is 1. The molecule has 0 aliphatic heterocycles. The molecule has 1 saturated carbocycles. The first-order valence-corrected chi connectivity index (χ1v) is 7.74. The van der Waals surface area contributed by atoms with Crippen LogP contribution in [-0.2, 0) is 6.42 Å². The van der Waals surface area contributed by atoms with E-state index in [1.165, 1.54) is 31.7 Å². The van der Waals surface area contributed by atoms with E-state index in [2.05, 4.69) is 12.2 Å². The van der Waals surface area contributed by atoms with Crippen molar-refractivity contribution in [1.29, 1.82) is 0 Å². The van der Waals surface area contributed by atoms with Crippen molar-refractivity contribution in [3.05, 3.63) is 34.6 Å². The molecule has 1 nitrogen and oxygen atoms in total. The zero-order chi connectivity index (χ0) is 13.7. The van der Waals surface area contributed by atoms with E-state index in [0.29, 0.717) is 6.04 Å². The van der Waals surface area contributed by atoms with E-state index in [0.717, 1.165) is 30.9 Å². The molecule has 2 rings (SSSR count). The molecule has 1 atom stereocenters. The second kappa shape index (κ2) is 7.25. The average Bonchev–Trinajstić information content (AvgIpc) is 2.35. The van der Waals surface area contributed by atoms with Gasteiger partial charge in [0.2, 0.25) is 0 Å². The van der Waals surface area contributed by atoms with E-state index in [1.54, 1.807) is 6.07 Å². The Hall–Kier alpha value is -0.600. The highest BCUT2D eigenvalue weighted by Gasteiger charge is 2.22. The Labute approximate surface area is 120 Å². The standard InChI is InChI=1S/C16H23ClFN/c1-2-8-19-14(9-12-4-3-5-12)10-13-6-7-16(18)15(17)11-13/h6-7,11-12,14,19H,2-5,8-10H2,1H3. The van der Waals surface area contributed by atoms with Crippen LogP contribution in [0.2, 0.25) is 5.02 Å². The highest BCUT2D eigenvalue weighted by Crippen LogP contribution is 2.31. The molecule has 1 aromatic rings. The van der Waals surface area contributed by atoms with Gasteiger partial charge in [-0.2, -0.15) is 0 Å². The first-order chi connectivity index (χ1) is 9.19. The van der Waals surface area contributed by atoms with Gasteiger partial charge in [-0.15, -0.1) is 0 Å². The quantitative estimate of drug-likeness (QED) is 0.772. The Balaban J connectivity index is 1.94. The van der Waals surface area contributed by atoms with E-state index < -0.39 is 0 Å². The van der Waals surface area contributed by atoms with Gasteiger partial charge in [-0.1, -0.05) is 43.9 Å². The molecular formula is C16H23ClFN. The van der Waals surface area contributed by atoms with Gasteiger partial charge >= 0.3 is 0 Å². The third-order valence-corrected chi connectivity index (χ3v) is 4.28. The molecule has 0 radical (unpaired) electrons. The molecule has 1 aliphatic rings. The second-order valence-electron chi connectivity index (χ2n) is 5.64. The molecule has 19 heavy (non-hydrogen) atoms. The van der Waals surface area contributed by atoms with Crippen LogP contribution in [0.5, 0.6) is 0 Å². The summed E-state index contributed by atoms with van der Waals surface area (Å²) in [4.78, 5) is 0. The van der Waals surface area contributed by atoms with Gasteiger partial charge in [0.15, 0.2) is 0 Å². The topological polar surface area (TPSA) is 12.0 Å². The van der Waals surface area contributed by atoms with Crippen molar-refractivity contribution < 1.29 is 4.39 Å². The Kier molecular flexibility index (Phi) is 5.65. The van der Waals surface area contributed by atoms with E-state index in [4.69, 9.17) is 11.6 Å². The van der Waals surface area contributed by atoms with Crippen LogP contribution >= 0.6 is 11.6 Å². The van der Waals surface area contributed by atoms with Gasteiger partial charge in [-0.25, -0.2) is 4.39 Å². The van der Waals surface area contributed by atoms with Gasteiger partial charge in [0.05, 0.1) is 5.02 Å². The molecule has 0 amide bonds. The number of halogens is 2. The zero-order valence-electron chi connectivity index (χ0n) is 11.6. The zero-order valence-corrected chi connectivity index (χ0v) is 12.3. The maximum Gasteiger partial charge on any atom is 0.141 e. The van der Waals surface area contributed by atoms with Crippen LogP contribution in [0, 0.1) is 11.7 Å². The predicted octanol–water partition coefficient (Wildman–Crippen LogP) is 4.58. The molecular weight excluding hydrogens is 261 g/mol. The Morgan fingerprint density at radius 1 is 1.42 bits per heavy atom. The summed E-state index contributed by atoms with van der Waals surface area (Å²) in [5, 5.41) is 3.85. The van der Waals surface area contributed by atoms with Crippen molar-refractivity contribution >= 4 is 11.6 Å². The fraction of sp³-hybridized carbons (Fsp3) is 0.625. The van der Waals surface area contributed by atoms with Crippen molar-refractivity contribution in [2.24, 2.45) is 5.92 Å². The van der Waals surface area contributed by atoms with E-state index in [-0.39, 0.29) is 10.8 Å². The smallest absolute Gasteiger partial charge is 0.141 e. The fourth-order valence-corrected chi connectivity index (χ4v) is 2.87. The van der Waals surface area contributed by atoms with E-state index >= 15 is 0 Å². The summed E-state index contributed by atoms with van der Waals surface area (Å²) in [6, 6.07) is 5.57. The third-order valence-electron chi connectivity index (χ3n) is 3.99. The molecule has 1 aliphatic carbocycles. The number of hydrogen-bond donors (Lipinski definition) is 1. The van der Waals surface area contributed by atoms with Crippen molar-refractivity contribution in [2.45, 2.75) is 51.5 Å². The molecule has 106 valence electrons. The van der Waals surface area contributed by atoms with Gasteiger partial charge in [0.1, 0.15) is 5.82 Å². The average molecular weight is 284 g/mol. The summed E-state index contributed by atoms with van der Waals surface area (Å²) in [7, 11) is 0. The van der Waals surface area contributed by atoms with Crippen molar-refractivity contribution in [3.63, 3.8) is 0 Å². The lowest BCUT2D eigenvalue weighted by molar-refractivity contribution is 0.259. The lowest BCUT2D eigenvalue weighted by atomic mass is 9.80. The number of rotatable bonds is 7. The monoisotopic (exact) mass is 283 g/mol. The molecule has 0 bridgehead atoms. The summed E-state index contributed by atoms with van der Waals surface area (Å²) in [6.07, 6.45) is 7.44. The normalized spacial score (nSPS) is 17.2. The lowest BCUT2D eigenvalue weighted by Crippen LogP contribution is -2.35. The minimum atomic E-state index is -0.331. The second-order valence-corrected chi connectivity index (χ2v) is 6.04. The molecule has 1 unspecified atom stereocenters. The van der Waals surface area contributed by atoms with Crippen LogP contribution in [0.1, 0.15) is 44.6 Å². The summed E-state index contributed by atoms with van der Waals surface area (Å²) in [5.41, 5.74) is 1.12. The van der Waals surface area contributed by atoms with E-state index in [9.17, 15) is 4.39 Å². The van der Waals surface area contributed by atoms with Crippen LogP contribution in [0.25, 0.3) is 0 Å². The van der Waals surface area contributed by atoms with Gasteiger partial charge in [-0.3, -0.25) is 0 Å². The van der Waals surface area contributed by atoms with Crippen LogP contribution in [0.4, 0.5) is 4.39 Å². The lowest BCUT2D eigenvalue weighted by Gasteiger charge is -2.30. The van der Waals surface area contributed by atoms with Crippen molar-refractivity contribution in [2.75, 3.05) is 6.54 Å². The molecule has 1 N–H and O–H groups in total. The maximum absolute atomic E-state index is 13.2. The third kappa shape index (κ3) is 4.47. The van der Waals surface area contributed by atoms with Gasteiger partial charge in [0.25, 0.3) is 0 Å². The Morgan fingerprint density at radius 3 is 2.79 bits per heavy atom. The molecule has 0 aromatic heterocycles. The fourth-order valence-electron chi connectivity index (χ4n) is 2.67. The van der Waals surface area contributed by atoms with E-state index in [1.807, 2.05) is 6.07 Å². The molecule has 0 spiro atoms. The van der Waals surface area contributed by atoms with Crippen LogP contribution < -0.4 is 5.32 Å². The van der Waals surface area contributed by atoms with Gasteiger partial charge < -0.3 is 5.32 Å². The summed E-state index contributed by atoms with van der Waals surface area (Å²) < 4.78 is 13.2. The van der Waals surface area contributed by atoms with Crippen LogP contribution in [0.15, 0.2) is 18.2 Å². The number of nitrogens with one attached hydrogen (secondary N) is 1. The van der Waals surface area contributed by atoms with Crippen molar-refractivity contribution in [3.8, 4) is 0 Å². The highest BCUT2D eigenvalue weighted by molar-refractivity contribution is 6.30. The molecule has 1 fully saturated rings. The maximum atomic E-state index is 13.2. The summed E-state index contributed by atoms with van der Waals surface area (Å²) in [5.74, 6) is 0.549. The highest BCUT2D eigenvalue weighted by atomic mass is 35.5. The molecule has 0 heterocycles. The van der Waals surface area contributed by atoms with Gasteiger partial charge in [0, 0.05) is 6.04 Å². The minimum absolute atomic E-state index is 0.232. The summed E-state index contributed by atoms with van der Waals surface area (Å²) in [6.45, 7) is 3.23. The predicted molar refractivity (Wildman–Crippen MR) is 79.2 cm³/mol. The Morgan fingerprint density at radius 2 is 2.21 bits per heavy atom. The van der Waals surface area contributed by atoms with Gasteiger partial charge in [-0.05, 0) is 49.4 Å². The first kappa shape index (κ1) is 14.8. The summed E-state index contributed by atoms with van der Waals surface area (Å²) >= 11 is 5.85. The largest absolute Gasteiger partial charge is 0.314 e. The van der Waals surface area contributed by atoms with Crippen LogP contribution in [0.3, 0.4) is 0 Å². The van der Waals surface area contributed by atoms with Crippen LogP contribution in [-0.4, -0.2) is 12.6 Å². The number of hydrogen-bond acceptors (Lipinski definition) is 1. The molecule has 3 heteroatoms. The molecule has 0 saturated heterocycles. The SMILES string of the molecule is CCCNC(Cc1ccc(F)c(Cl)c1)CC1CCC1. The Bertz CT molecular complexity index is 404. The first-order valence-electron chi connectivity index (χ1n) is 7.36.